The van der Waals surface area contributed by atoms with Crippen LogP contribution in [0.15, 0.2) is 76.1 Å². The van der Waals surface area contributed by atoms with E-state index in [-0.39, 0.29) is 5.41 Å². The Kier molecular flexibility index (Phi) is 4.82. The Balaban J connectivity index is 1.58. The maximum absolute atomic E-state index is 5.97. The molecule has 8 heteroatoms. The van der Waals surface area contributed by atoms with Crippen LogP contribution >= 0.6 is 0 Å². The molecule has 5 aromatic rings. The van der Waals surface area contributed by atoms with Crippen LogP contribution in [0.25, 0.3) is 45.8 Å². The highest BCUT2D eigenvalue weighted by Crippen LogP contribution is 2.34. The largest absolute Gasteiger partial charge is 0.416 e. The summed E-state index contributed by atoms with van der Waals surface area (Å²) < 4.78 is 11.9. The minimum Gasteiger partial charge on any atom is -0.416 e. The van der Waals surface area contributed by atoms with Crippen LogP contribution in [0.3, 0.4) is 0 Å². The molecular weight excluding hydrogens is 404 g/mol. The van der Waals surface area contributed by atoms with Gasteiger partial charge in [-0.1, -0.05) is 20.8 Å². The van der Waals surface area contributed by atoms with Crippen molar-refractivity contribution in [2.24, 2.45) is 0 Å². The van der Waals surface area contributed by atoms with Crippen LogP contribution in [0.2, 0.25) is 0 Å². The first-order valence-electron chi connectivity index (χ1n) is 10.1. The first kappa shape index (κ1) is 19.7. The van der Waals surface area contributed by atoms with Gasteiger partial charge >= 0.3 is 0 Å². The second-order valence-electron chi connectivity index (χ2n) is 8.35. The van der Waals surface area contributed by atoms with Crippen LogP contribution in [-0.2, 0) is 5.41 Å². The smallest absolute Gasteiger partial charge is 0.248 e. The molecule has 1 aromatic carbocycles. The summed E-state index contributed by atoms with van der Waals surface area (Å²) in [6.07, 6.45) is 6.75. The third-order valence-corrected chi connectivity index (χ3v) is 5.00. The summed E-state index contributed by atoms with van der Waals surface area (Å²) in [5.74, 6) is 1.70. The van der Waals surface area contributed by atoms with E-state index in [0.29, 0.717) is 23.6 Å². The predicted molar refractivity (Wildman–Crippen MR) is 118 cm³/mol. The molecule has 0 aliphatic rings. The van der Waals surface area contributed by atoms with Crippen LogP contribution in [0.4, 0.5) is 0 Å². The van der Waals surface area contributed by atoms with Crippen LogP contribution < -0.4 is 0 Å². The topological polar surface area (TPSA) is 104 Å². The zero-order valence-electron chi connectivity index (χ0n) is 17.9. The average molecular weight is 424 g/mol. The van der Waals surface area contributed by atoms with E-state index in [1.165, 1.54) is 0 Å². The third kappa shape index (κ3) is 3.90. The quantitative estimate of drug-likeness (QED) is 0.387. The predicted octanol–water partition coefficient (Wildman–Crippen LogP) is 5.21. The lowest BCUT2D eigenvalue weighted by Gasteiger charge is -2.20. The molecule has 5 rings (SSSR count). The van der Waals surface area contributed by atoms with Crippen molar-refractivity contribution in [3.8, 4) is 45.8 Å². The van der Waals surface area contributed by atoms with E-state index >= 15 is 0 Å². The van der Waals surface area contributed by atoms with E-state index in [0.717, 1.165) is 27.8 Å². The van der Waals surface area contributed by atoms with Gasteiger partial charge in [-0.05, 0) is 53.4 Å². The van der Waals surface area contributed by atoms with Crippen molar-refractivity contribution in [3.63, 3.8) is 0 Å². The summed E-state index contributed by atoms with van der Waals surface area (Å²) in [5.41, 5.74) is 4.15. The fourth-order valence-corrected chi connectivity index (χ4v) is 3.21. The first-order valence-corrected chi connectivity index (χ1v) is 10.1. The fraction of sp³-hybridized carbons (Fsp3) is 0.167. The molecule has 0 amide bonds. The van der Waals surface area contributed by atoms with E-state index in [9.17, 15) is 0 Å². The van der Waals surface area contributed by atoms with Gasteiger partial charge in [-0.3, -0.25) is 9.97 Å². The molecule has 0 N–H and O–H groups in total. The number of aromatic nitrogens is 6. The molecule has 0 spiro atoms. The minimum absolute atomic E-state index is 0.118. The van der Waals surface area contributed by atoms with Crippen molar-refractivity contribution in [3.05, 3.63) is 72.8 Å². The molecule has 0 bridgehead atoms. The highest BCUT2D eigenvalue weighted by Gasteiger charge is 2.21. The standard InChI is InChI=1S/C24H20N6O2/c1-24(2,3)19-13-17(22-29-27-20(31-22)15-4-8-25-9-5-15)12-18(14-19)23-30-28-21(32-23)16-6-10-26-11-7-16/h4-14H,1-3H3. The highest BCUT2D eigenvalue weighted by molar-refractivity contribution is 5.68. The molecule has 0 saturated heterocycles. The van der Waals surface area contributed by atoms with Gasteiger partial charge in [0.05, 0.1) is 0 Å². The van der Waals surface area contributed by atoms with E-state index in [4.69, 9.17) is 8.83 Å². The van der Waals surface area contributed by atoms with Gasteiger partial charge < -0.3 is 8.83 Å². The van der Waals surface area contributed by atoms with E-state index in [1.54, 1.807) is 24.8 Å². The molecule has 0 atom stereocenters. The first-order chi connectivity index (χ1) is 15.5. The van der Waals surface area contributed by atoms with Gasteiger partial charge in [0, 0.05) is 47.0 Å². The molecule has 4 heterocycles. The SMILES string of the molecule is CC(C)(C)c1cc(-c2nnc(-c3ccncc3)o2)cc(-c2nnc(-c3ccncc3)o2)c1. The van der Waals surface area contributed by atoms with Crippen LogP contribution in [0.1, 0.15) is 26.3 Å². The second kappa shape index (κ2) is 7.81. The number of rotatable bonds is 4. The van der Waals surface area contributed by atoms with Gasteiger partial charge in [-0.15, -0.1) is 20.4 Å². The summed E-state index contributed by atoms with van der Waals surface area (Å²) in [5, 5.41) is 16.9. The Hall–Kier alpha value is -4.20. The fourth-order valence-electron chi connectivity index (χ4n) is 3.21. The molecule has 158 valence electrons. The highest BCUT2D eigenvalue weighted by atomic mass is 16.4. The Labute approximate surface area is 184 Å². The maximum atomic E-state index is 5.97. The normalized spacial score (nSPS) is 11.6. The molecular formula is C24H20N6O2. The summed E-state index contributed by atoms with van der Waals surface area (Å²) in [7, 11) is 0. The van der Waals surface area contributed by atoms with Crippen LogP contribution in [-0.4, -0.2) is 30.4 Å². The molecule has 0 unspecified atom stereocenters. The molecule has 0 aliphatic carbocycles. The molecule has 0 radical (unpaired) electrons. The number of nitrogens with zero attached hydrogens (tertiary/aromatic N) is 6. The third-order valence-electron chi connectivity index (χ3n) is 5.00. The molecule has 32 heavy (non-hydrogen) atoms. The van der Waals surface area contributed by atoms with E-state index in [2.05, 4.69) is 51.1 Å². The van der Waals surface area contributed by atoms with Crippen molar-refractivity contribution >= 4 is 0 Å². The molecule has 4 aromatic heterocycles. The van der Waals surface area contributed by atoms with Crippen LogP contribution in [0, 0.1) is 0 Å². The lowest BCUT2D eigenvalue weighted by molar-refractivity contribution is 0.576. The number of benzene rings is 1. The van der Waals surface area contributed by atoms with Gasteiger partial charge in [-0.2, -0.15) is 0 Å². The van der Waals surface area contributed by atoms with Crippen LogP contribution in [0.5, 0.6) is 0 Å². The monoisotopic (exact) mass is 424 g/mol. The molecule has 0 saturated carbocycles. The molecule has 8 nitrogen and oxygen atoms in total. The molecule has 0 fully saturated rings. The Bertz CT molecular complexity index is 1260. The Morgan fingerprint density at radius 3 is 1.28 bits per heavy atom. The zero-order chi connectivity index (χ0) is 22.1. The van der Waals surface area contributed by atoms with E-state index < -0.39 is 0 Å². The lowest BCUT2D eigenvalue weighted by atomic mass is 9.85. The summed E-state index contributed by atoms with van der Waals surface area (Å²) >= 11 is 0. The van der Waals surface area contributed by atoms with Crippen molar-refractivity contribution in [2.45, 2.75) is 26.2 Å². The van der Waals surface area contributed by atoms with E-state index in [1.807, 2.05) is 42.5 Å². The number of hydrogen-bond donors (Lipinski definition) is 0. The lowest BCUT2D eigenvalue weighted by Crippen LogP contribution is -2.11. The van der Waals surface area contributed by atoms with Gasteiger partial charge in [-0.25, -0.2) is 0 Å². The Morgan fingerprint density at radius 2 is 0.906 bits per heavy atom. The number of hydrogen-bond acceptors (Lipinski definition) is 8. The zero-order valence-corrected chi connectivity index (χ0v) is 17.9. The molecule has 0 aliphatic heterocycles. The van der Waals surface area contributed by atoms with Crippen molar-refractivity contribution < 1.29 is 8.83 Å². The maximum Gasteiger partial charge on any atom is 0.248 e. The average Bonchev–Trinajstić information content (AvgIpc) is 3.50. The van der Waals surface area contributed by atoms with Gasteiger partial charge in [0.25, 0.3) is 0 Å². The van der Waals surface area contributed by atoms with Crippen molar-refractivity contribution in [1.29, 1.82) is 0 Å². The van der Waals surface area contributed by atoms with Crippen molar-refractivity contribution in [2.75, 3.05) is 0 Å². The summed E-state index contributed by atoms with van der Waals surface area (Å²) in [6.45, 7) is 6.42. The number of pyridine rings is 2. The van der Waals surface area contributed by atoms with Gasteiger partial charge in [0.15, 0.2) is 0 Å². The second-order valence-corrected chi connectivity index (χ2v) is 8.35. The van der Waals surface area contributed by atoms with Crippen molar-refractivity contribution in [1.82, 2.24) is 30.4 Å². The summed E-state index contributed by atoms with van der Waals surface area (Å²) in [4.78, 5) is 8.05. The van der Waals surface area contributed by atoms with Gasteiger partial charge in [0.2, 0.25) is 23.6 Å². The summed E-state index contributed by atoms with van der Waals surface area (Å²) in [6, 6.07) is 13.3. The Morgan fingerprint density at radius 1 is 0.531 bits per heavy atom. The minimum atomic E-state index is -0.118. The van der Waals surface area contributed by atoms with Gasteiger partial charge in [0.1, 0.15) is 0 Å².